The van der Waals surface area contributed by atoms with E-state index in [1.54, 1.807) is 0 Å². The van der Waals surface area contributed by atoms with Crippen molar-refractivity contribution in [2.24, 2.45) is 11.5 Å². The molecule has 0 aliphatic carbocycles. The number of hydrogen-bond acceptors (Lipinski definition) is 5. The van der Waals surface area contributed by atoms with Crippen LogP contribution in [0, 0.1) is 0 Å². The van der Waals surface area contributed by atoms with E-state index in [-0.39, 0.29) is 12.8 Å². The lowest BCUT2D eigenvalue weighted by Gasteiger charge is -2.18. The highest BCUT2D eigenvalue weighted by Crippen LogP contribution is 2.12. The molecular weight excluding hydrogens is 244 g/mol. The summed E-state index contributed by atoms with van der Waals surface area (Å²) in [7, 11) is -4.67. The van der Waals surface area contributed by atoms with Crippen LogP contribution in [0.25, 0.3) is 0 Å². The van der Waals surface area contributed by atoms with Crippen LogP contribution in [0.1, 0.15) is 19.8 Å². The number of carbonyl (C=O) groups is 2. The Hall–Kier alpha value is -1.23. The highest BCUT2D eigenvalue weighted by Gasteiger charge is 2.25. The Kier molecular flexibility index (Phi) is 6.84. The third-order valence-corrected chi connectivity index (χ3v) is 1.11. The zero-order valence-electron chi connectivity index (χ0n) is 8.45. The molecule has 0 atom stereocenters. The standard InChI is InChI=1S/C6H12N2O3.H2O4S/c1-6(11,2-4(7)9)3-5(8)10;1-5(2,3)4/h11H,2-3H2,1H3,(H2,7,9)(H2,8,10);(H2,1,2,3,4). The van der Waals surface area contributed by atoms with Crippen molar-refractivity contribution in [1.29, 1.82) is 0 Å². The van der Waals surface area contributed by atoms with Gasteiger partial charge >= 0.3 is 10.4 Å². The molecule has 0 aromatic rings. The van der Waals surface area contributed by atoms with Gasteiger partial charge < -0.3 is 16.6 Å². The SMILES string of the molecule is CC(O)(CC(N)=O)CC(N)=O.O=S(=O)(O)O. The average Bonchev–Trinajstić information content (AvgIpc) is 1.72. The molecule has 2 amide bonds. The van der Waals surface area contributed by atoms with Gasteiger partial charge in [-0.25, -0.2) is 0 Å². The van der Waals surface area contributed by atoms with E-state index < -0.39 is 27.8 Å². The van der Waals surface area contributed by atoms with Gasteiger partial charge in [0.25, 0.3) is 0 Å². The molecule has 0 aromatic carbocycles. The number of carbonyl (C=O) groups excluding carboxylic acids is 2. The van der Waals surface area contributed by atoms with Crippen LogP contribution in [0.2, 0.25) is 0 Å². The lowest BCUT2D eigenvalue weighted by molar-refractivity contribution is -0.126. The summed E-state index contributed by atoms with van der Waals surface area (Å²) in [6.07, 6.45) is -0.508. The van der Waals surface area contributed by atoms with Crippen molar-refractivity contribution < 1.29 is 32.2 Å². The Bertz CT molecular complexity index is 322. The fourth-order valence-electron chi connectivity index (χ4n) is 0.813. The third kappa shape index (κ3) is 23.0. The topological polar surface area (TPSA) is 181 Å². The van der Waals surface area contributed by atoms with Gasteiger partial charge in [-0.3, -0.25) is 18.7 Å². The van der Waals surface area contributed by atoms with E-state index in [1.165, 1.54) is 6.92 Å². The minimum Gasteiger partial charge on any atom is -0.389 e. The molecule has 0 aliphatic heterocycles. The summed E-state index contributed by atoms with van der Waals surface area (Å²) in [5.74, 6) is -1.31. The zero-order chi connectivity index (χ0) is 13.6. The highest BCUT2D eigenvalue weighted by atomic mass is 32.3. The Balaban J connectivity index is 0. The number of aliphatic hydroxyl groups is 1. The minimum absolute atomic E-state index is 0.254. The van der Waals surface area contributed by atoms with Crippen LogP contribution in [-0.2, 0) is 20.0 Å². The van der Waals surface area contributed by atoms with Crippen LogP contribution in [-0.4, -0.2) is 40.0 Å². The van der Waals surface area contributed by atoms with Crippen LogP contribution in [0.3, 0.4) is 0 Å². The van der Waals surface area contributed by atoms with E-state index in [1.807, 2.05) is 0 Å². The molecule has 0 aliphatic rings. The fraction of sp³-hybridized carbons (Fsp3) is 0.667. The van der Waals surface area contributed by atoms with Crippen LogP contribution < -0.4 is 11.5 Å². The minimum atomic E-state index is -4.67. The van der Waals surface area contributed by atoms with Crippen molar-refractivity contribution in [3.8, 4) is 0 Å². The van der Waals surface area contributed by atoms with Crippen molar-refractivity contribution in [3.63, 3.8) is 0 Å². The van der Waals surface area contributed by atoms with Crippen LogP contribution in [0.4, 0.5) is 0 Å². The molecule has 0 heterocycles. The molecule has 10 heteroatoms. The van der Waals surface area contributed by atoms with Crippen molar-refractivity contribution in [1.82, 2.24) is 0 Å². The predicted octanol–water partition coefficient (Wildman–Crippen LogP) is -2.16. The molecular formula is C6H14N2O7S. The molecule has 7 N–H and O–H groups in total. The second-order valence-electron chi connectivity index (χ2n) is 3.23. The van der Waals surface area contributed by atoms with Crippen LogP contribution >= 0.6 is 0 Å². The second kappa shape index (κ2) is 6.37. The zero-order valence-corrected chi connectivity index (χ0v) is 9.27. The van der Waals surface area contributed by atoms with Crippen molar-refractivity contribution in [2.45, 2.75) is 25.4 Å². The van der Waals surface area contributed by atoms with Gasteiger partial charge in [-0.2, -0.15) is 8.42 Å². The van der Waals surface area contributed by atoms with Crippen molar-refractivity contribution >= 4 is 22.2 Å². The Morgan fingerprint density at radius 2 is 1.31 bits per heavy atom. The molecule has 0 aromatic heterocycles. The molecule has 9 nitrogen and oxygen atoms in total. The monoisotopic (exact) mass is 258 g/mol. The summed E-state index contributed by atoms with van der Waals surface area (Å²) < 4.78 is 31.6. The average molecular weight is 258 g/mol. The largest absolute Gasteiger partial charge is 0.394 e. The Morgan fingerprint density at radius 1 is 1.12 bits per heavy atom. The first-order valence-corrected chi connectivity index (χ1v) is 5.22. The first kappa shape index (κ1) is 17.2. The lowest BCUT2D eigenvalue weighted by Crippen LogP contribution is -2.35. The summed E-state index contributed by atoms with van der Waals surface area (Å²) in [6.45, 7) is 1.34. The van der Waals surface area contributed by atoms with Gasteiger partial charge in [0.1, 0.15) is 0 Å². The van der Waals surface area contributed by atoms with Gasteiger partial charge in [-0.15, -0.1) is 0 Å². The molecule has 0 rings (SSSR count). The predicted molar refractivity (Wildman–Crippen MR) is 52.4 cm³/mol. The van der Waals surface area contributed by atoms with Gasteiger partial charge in [0.2, 0.25) is 11.8 Å². The number of hydrogen-bond donors (Lipinski definition) is 5. The van der Waals surface area contributed by atoms with E-state index >= 15 is 0 Å². The maximum atomic E-state index is 10.3. The van der Waals surface area contributed by atoms with E-state index in [9.17, 15) is 14.7 Å². The van der Waals surface area contributed by atoms with E-state index in [0.29, 0.717) is 0 Å². The van der Waals surface area contributed by atoms with Gasteiger partial charge in [0.05, 0.1) is 18.4 Å². The molecule has 96 valence electrons. The third-order valence-electron chi connectivity index (χ3n) is 1.11. The molecule has 0 fully saturated rings. The van der Waals surface area contributed by atoms with Crippen molar-refractivity contribution in [3.05, 3.63) is 0 Å². The molecule has 0 bridgehead atoms. The van der Waals surface area contributed by atoms with E-state index in [0.717, 1.165) is 0 Å². The second-order valence-corrected chi connectivity index (χ2v) is 4.13. The van der Waals surface area contributed by atoms with Gasteiger partial charge in [-0.1, -0.05) is 0 Å². The first-order valence-electron chi connectivity index (χ1n) is 3.82. The van der Waals surface area contributed by atoms with Crippen LogP contribution in [0.15, 0.2) is 0 Å². The maximum Gasteiger partial charge on any atom is 0.394 e. The molecule has 0 spiro atoms. The molecule has 0 saturated carbocycles. The van der Waals surface area contributed by atoms with E-state index in [4.69, 9.17) is 29.0 Å². The quantitative estimate of drug-likeness (QED) is 0.355. The Morgan fingerprint density at radius 3 is 1.44 bits per heavy atom. The summed E-state index contributed by atoms with van der Waals surface area (Å²) in [6, 6.07) is 0. The summed E-state index contributed by atoms with van der Waals surface area (Å²) in [5.41, 5.74) is 8.20. The summed E-state index contributed by atoms with van der Waals surface area (Å²) >= 11 is 0. The van der Waals surface area contributed by atoms with Gasteiger partial charge in [0, 0.05) is 0 Å². The molecule has 0 saturated heterocycles. The summed E-state index contributed by atoms with van der Waals surface area (Å²) in [5, 5.41) is 9.25. The number of rotatable bonds is 4. The number of nitrogens with two attached hydrogens (primary N) is 2. The lowest BCUT2D eigenvalue weighted by atomic mass is 9.98. The fourth-order valence-corrected chi connectivity index (χ4v) is 0.813. The maximum absolute atomic E-state index is 10.3. The molecule has 16 heavy (non-hydrogen) atoms. The smallest absolute Gasteiger partial charge is 0.389 e. The summed E-state index contributed by atoms with van der Waals surface area (Å²) in [4.78, 5) is 20.6. The van der Waals surface area contributed by atoms with Gasteiger partial charge in [-0.05, 0) is 6.92 Å². The molecule has 0 radical (unpaired) electrons. The number of amides is 2. The van der Waals surface area contributed by atoms with Gasteiger partial charge in [0.15, 0.2) is 0 Å². The Labute approximate surface area is 92.0 Å². The van der Waals surface area contributed by atoms with E-state index in [2.05, 4.69) is 0 Å². The van der Waals surface area contributed by atoms with Crippen molar-refractivity contribution in [2.75, 3.05) is 0 Å². The molecule has 0 unspecified atom stereocenters. The number of primary amides is 2. The highest BCUT2D eigenvalue weighted by molar-refractivity contribution is 7.79. The normalized spacial score (nSPS) is 11.2. The van der Waals surface area contributed by atoms with Crippen LogP contribution in [0.5, 0.6) is 0 Å². The first-order chi connectivity index (χ1) is 6.83.